The maximum absolute atomic E-state index is 13.5. The van der Waals surface area contributed by atoms with Crippen LogP contribution in [-0.2, 0) is 11.3 Å². The zero-order chi connectivity index (χ0) is 27.6. The number of nitrogens with zero attached hydrogens (tertiary/aromatic N) is 1. The lowest BCUT2D eigenvalue weighted by Crippen LogP contribution is -2.34. The number of carbonyl (C=O) groups excluding carboxylic acids is 2. The molecule has 7 nitrogen and oxygen atoms in total. The predicted molar refractivity (Wildman–Crippen MR) is 157 cm³/mol. The lowest BCUT2D eigenvalue weighted by Gasteiger charge is -2.24. The third kappa shape index (κ3) is 7.97. The molecule has 202 valence electrons. The summed E-state index contributed by atoms with van der Waals surface area (Å²) >= 11 is 1.61. The van der Waals surface area contributed by atoms with Gasteiger partial charge in [0, 0.05) is 28.4 Å². The van der Waals surface area contributed by atoms with Gasteiger partial charge in [-0.15, -0.1) is 11.8 Å². The summed E-state index contributed by atoms with van der Waals surface area (Å²) in [6, 6.07) is 22.6. The molecule has 3 aromatic rings. The Kier molecular flexibility index (Phi) is 9.80. The van der Waals surface area contributed by atoms with E-state index in [0.717, 1.165) is 29.0 Å². The second-order valence-corrected chi connectivity index (χ2v) is 10.2. The lowest BCUT2D eigenvalue weighted by atomic mass is 9.93. The van der Waals surface area contributed by atoms with Gasteiger partial charge in [0.05, 0.1) is 13.0 Å². The van der Waals surface area contributed by atoms with Crippen LogP contribution < -0.4 is 15.5 Å². The molecule has 0 heterocycles. The fourth-order valence-electron chi connectivity index (χ4n) is 4.46. The Morgan fingerprint density at radius 2 is 1.74 bits per heavy atom. The molecule has 0 unspecified atom stereocenters. The van der Waals surface area contributed by atoms with Gasteiger partial charge < -0.3 is 15.7 Å². The molecule has 0 fully saturated rings. The van der Waals surface area contributed by atoms with Crippen molar-refractivity contribution in [2.24, 2.45) is 0 Å². The molecule has 0 spiro atoms. The number of carboxylic acid groups (broad SMARTS) is 1. The number of aliphatic carboxylic acids is 1. The van der Waals surface area contributed by atoms with Gasteiger partial charge in [0.2, 0.25) is 0 Å². The maximum Gasteiger partial charge on any atom is 0.326 e. The first-order valence-corrected chi connectivity index (χ1v) is 14.3. The number of thioether (sulfide) groups is 1. The van der Waals surface area contributed by atoms with Gasteiger partial charge in [-0.2, -0.15) is 0 Å². The van der Waals surface area contributed by atoms with E-state index >= 15 is 0 Å². The van der Waals surface area contributed by atoms with Crippen molar-refractivity contribution in [2.45, 2.75) is 43.5 Å². The van der Waals surface area contributed by atoms with Gasteiger partial charge in [-0.25, -0.2) is 4.79 Å². The van der Waals surface area contributed by atoms with Crippen LogP contribution in [0.15, 0.2) is 83.8 Å². The summed E-state index contributed by atoms with van der Waals surface area (Å²) in [6.45, 7) is 0.367. The van der Waals surface area contributed by atoms with E-state index in [1.54, 1.807) is 28.8 Å². The first-order chi connectivity index (χ1) is 18.9. The predicted octanol–water partition coefficient (Wildman–Crippen LogP) is 6.81. The number of amides is 3. The molecule has 0 bridgehead atoms. The second-order valence-electron chi connectivity index (χ2n) is 9.37. The van der Waals surface area contributed by atoms with E-state index in [4.69, 9.17) is 5.11 Å². The zero-order valence-electron chi connectivity index (χ0n) is 22.0. The van der Waals surface area contributed by atoms with Crippen molar-refractivity contribution in [3.63, 3.8) is 0 Å². The topological polar surface area (TPSA) is 98.7 Å². The molecule has 0 atom stereocenters. The van der Waals surface area contributed by atoms with Crippen LogP contribution in [0.4, 0.5) is 16.2 Å². The summed E-state index contributed by atoms with van der Waals surface area (Å²) in [4.78, 5) is 39.3. The number of urea groups is 1. The quantitative estimate of drug-likeness (QED) is 0.244. The van der Waals surface area contributed by atoms with Crippen molar-refractivity contribution in [3.05, 3.63) is 95.6 Å². The smallest absolute Gasteiger partial charge is 0.326 e. The van der Waals surface area contributed by atoms with E-state index in [9.17, 15) is 14.4 Å². The zero-order valence-corrected chi connectivity index (χ0v) is 22.8. The molecular weight excluding hydrogens is 510 g/mol. The number of hydrogen-bond acceptors (Lipinski definition) is 4. The van der Waals surface area contributed by atoms with Crippen LogP contribution in [0.3, 0.4) is 0 Å². The van der Waals surface area contributed by atoms with Crippen LogP contribution in [0.2, 0.25) is 0 Å². The van der Waals surface area contributed by atoms with Crippen molar-refractivity contribution in [1.82, 2.24) is 5.32 Å². The van der Waals surface area contributed by atoms with Gasteiger partial charge in [0.1, 0.15) is 0 Å². The van der Waals surface area contributed by atoms with Crippen molar-refractivity contribution >= 4 is 46.6 Å². The number of rotatable bonds is 10. The molecule has 0 saturated heterocycles. The fraction of sp³-hybridized carbons (Fsp3) is 0.258. The summed E-state index contributed by atoms with van der Waals surface area (Å²) < 4.78 is 0. The summed E-state index contributed by atoms with van der Waals surface area (Å²) in [7, 11) is 0. The summed E-state index contributed by atoms with van der Waals surface area (Å²) in [5.74, 6) is -1.30. The standard InChI is InChI=1S/C31H33N3O4S/c1-39-28-9-5-8-26(20-28)33-31(38)34(27-16-14-24(15-17-27)23-6-3-2-4-7-23)21-22-10-12-25(13-11-22)30(37)32-19-18-29(35)36/h5-6,8-17,20H,2-4,7,18-19,21H2,1H3,(H,32,37)(H,33,38)(H,35,36). The molecule has 3 aromatic carbocycles. The number of anilines is 2. The molecule has 3 N–H and O–H groups in total. The van der Waals surface area contributed by atoms with E-state index in [1.807, 2.05) is 54.8 Å². The molecule has 0 aromatic heterocycles. The fourth-order valence-corrected chi connectivity index (χ4v) is 4.92. The molecule has 8 heteroatoms. The Hall–Kier alpha value is -4.04. The maximum atomic E-state index is 13.5. The number of carbonyl (C=O) groups is 3. The number of benzene rings is 3. The van der Waals surface area contributed by atoms with E-state index < -0.39 is 5.97 Å². The molecule has 0 aliphatic heterocycles. The molecule has 4 rings (SSSR count). The summed E-state index contributed by atoms with van der Waals surface area (Å²) in [6.07, 6.45) is 8.78. The van der Waals surface area contributed by atoms with Crippen molar-refractivity contribution < 1.29 is 19.5 Å². The Bertz CT molecular complexity index is 1340. The van der Waals surface area contributed by atoms with Gasteiger partial charge >= 0.3 is 12.0 Å². The minimum atomic E-state index is -0.965. The van der Waals surface area contributed by atoms with Gasteiger partial charge in [0.15, 0.2) is 0 Å². The minimum absolute atomic E-state index is 0.0640. The van der Waals surface area contributed by atoms with Crippen molar-refractivity contribution in [3.8, 4) is 0 Å². The van der Waals surface area contributed by atoms with Crippen LogP contribution in [0.25, 0.3) is 5.57 Å². The highest BCUT2D eigenvalue weighted by atomic mass is 32.2. The number of carboxylic acids is 1. The SMILES string of the molecule is CSc1cccc(NC(=O)N(Cc2ccc(C(=O)NCCC(=O)O)cc2)c2ccc(C3=CCCCC3)cc2)c1. The summed E-state index contributed by atoms with van der Waals surface area (Å²) in [5, 5.41) is 14.4. The Labute approximate surface area is 233 Å². The normalized spacial score (nSPS) is 12.8. The second kappa shape index (κ2) is 13.7. The number of allylic oxidation sites excluding steroid dienone is 2. The van der Waals surface area contributed by atoms with Crippen LogP contribution in [0.1, 0.15) is 53.6 Å². The Morgan fingerprint density at radius 1 is 0.974 bits per heavy atom. The number of nitrogens with one attached hydrogen (secondary N) is 2. The van der Waals surface area contributed by atoms with Crippen molar-refractivity contribution in [1.29, 1.82) is 0 Å². The average molecular weight is 544 g/mol. The van der Waals surface area contributed by atoms with E-state index in [-0.39, 0.29) is 24.9 Å². The molecular formula is C31H33N3O4S. The first-order valence-electron chi connectivity index (χ1n) is 13.0. The molecule has 1 aliphatic carbocycles. The lowest BCUT2D eigenvalue weighted by molar-refractivity contribution is -0.136. The van der Waals surface area contributed by atoms with Gasteiger partial charge in [-0.1, -0.05) is 36.4 Å². The highest BCUT2D eigenvalue weighted by molar-refractivity contribution is 7.98. The van der Waals surface area contributed by atoms with Gasteiger partial charge in [-0.3, -0.25) is 14.5 Å². The third-order valence-corrected chi connectivity index (χ3v) is 7.31. The molecule has 0 saturated carbocycles. The monoisotopic (exact) mass is 543 g/mol. The summed E-state index contributed by atoms with van der Waals surface area (Å²) in [5.41, 5.74) is 5.31. The Balaban J connectivity index is 1.53. The largest absolute Gasteiger partial charge is 0.481 e. The van der Waals surface area contributed by atoms with Crippen LogP contribution in [0, 0.1) is 0 Å². The average Bonchev–Trinajstić information content (AvgIpc) is 2.96. The van der Waals surface area contributed by atoms with Gasteiger partial charge in [0.25, 0.3) is 5.91 Å². The van der Waals surface area contributed by atoms with E-state index in [1.165, 1.54) is 24.0 Å². The van der Waals surface area contributed by atoms with Crippen LogP contribution in [0.5, 0.6) is 0 Å². The Morgan fingerprint density at radius 3 is 2.41 bits per heavy atom. The van der Waals surface area contributed by atoms with Crippen LogP contribution in [-0.4, -0.2) is 35.8 Å². The van der Waals surface area contributed by atoms with Gasteiger partial charge in [-0.05, 0) is 91.1 Å². The van der Waals surface area contributed by atoms with E-state index in [0.29, 0.717) is 17.8 Å². The minimum Gasteiger partial charge on any atom is -0.481 e. The number of hydrogen-bond donors (Lipinski definition) is 3. The van der Waals surface area contributed by atoms with Crippen LogP contribution >= 0.6 is 11.8 Å². The highest BCUT2D eigenvalue weighted by Gasteiger charge is 2.18. The highest BCUT2D eigenvalue weighted by Crippen LogP contribution is 2.29. The first kappa shape index (κ1) is 28.0. The molecule has 1 aliphatic rings. The van der Waals surface area contributed by atoms with E-state index in [2.05, 4.69) is 28.8 Å². The molecule has 3 amide bonds. The molecule has 0 radical (unpaired) electrons. The molecule has 39 heavy (non-hydrogen) atoms. The third-order valence-electron chi connectivity index (χ3n) is 6.59. The van der Waals surface area contributed by atoms with Crippen molar-refractivity contribution in [2.75, 3.05) is 23.0 Å².